The van der Waals surface area contributed by atoms with E-state index in [1.807, 2.05) is 13.0 Å². The quantitative estimate of drug-likeness (QED) is 0.883. The number of aliphatic hydroxyl groups is 1. The van der Waals surface area contributed by atoms with Crippen LogP contribution in [0.5, 0.6) is 5.88 Å². The smallest absolute Gasteiger partial charge is 0.346 e. The van der Waals surface area contributed by atoms with Crippen molar-refractivity contribution in [1.29, 1.82) is 0 Å². The molecular formula is C15H16N2O3S. The Labute approximate surface area is 126 Å². The largest absolute Gasteiger partial charge is 0.404 e. The molecule has 0 aliphatic carbocycles. The number of benzene rings is 1. The number of carbonyl (C=O) groups is 1. The highest BCUT2D eigenvalue weighted by Gasteiger charge is 2.24. The molecule has 1 unspecified atom stereocenters. The molecule has 0 fully saturated rings. The maximum absolute atomic E-state index is 12.4. The Hall–Kier alpha value is -1.79. The summed E-state index contributed by atoms with van der Waals surface area (Å²) >= 11 is 1.59. The Bertz CT molecular complexity index is 669. The Morgan fingerprint density at radius 1 is 1.52 bits per heavy atom. The molecular weight excluding hydrogens is 288 g/mol. The van der Waals surface area contributed by atoms with Gasteiger partial charge >= 0.3 is 5.97 Å². The van der Waals surface area contributed by atoms with E-state index in [1.165, 1.54) is 0 Å². The van der Waals surface area contributed by atoms with Gasteiger partial charge in [0.15, 0.2) is 0 Å². The molecule has 1 N–H and O–H groups in total. The van der Waals surface area contributed by atoms with Gasteiger partial charge in [0, 0.05) is 23.3 Å². The zero-order chi connectivity index (χ0) is 14.8. The van der Waals surface area contributed by atoms with Gasteiger partial charge in [-0.1, -0.05) is 12.1 Å². The number of esters is 1. The van der Waals surface area contributed by atoms with E-state index in [2.05, 4.69) is 5.10 Å². The van der Waals surface area contributed by atoms with E-state index in [9.17, 15) is 9.90 Å². The van der Waals surface area contributed by atoms with Crippen molar-refractivity contribution in [2.24, 2.45) is 0 Å². The van der Waals surface area contributed by atoms with E-state index in [0.29, 0.717) is 24.4 Å². The molecule has 0 amide bonds. The predicted octanol–water partition coefficient (Wildman–Crippen LogP) is 2.65. The van der Waals surface area contributed by atoms with E-state index in [4.69, 9.17) is 4.74 Å². The maximum atomic E-state index is 12.4. The first kappa shape index (κ1) is 14.2. The molecule has 5 nitrogen and oxygen atoms in total. The van der Waals surface area contributed by atoms with Crippen LogP contribution in [0.4, 0.5) is 0 Å². The van der Waals surface area contributed by atoms with Gasteiger partial charge in [-0.2, -0.15) is 5.10 Å². The number of nitrogens with zero attached hydrogens (tertiary/aromatic N) is 2. The van der Waals surface area contributed by atoms with Crippen LogP contribution < -0.4 is 4.74 Å². The van der Waals surface area contributed by atoms with Gasteiger partial charge in [0.25, 0.3) is 0 Å². The molecule has 6 heteroatoms. The van der Waals surface area contributed by atoms with Gasteiger partial charge in [-0.15, -0.1) is 11.8 Å². The van der Waals surface area contributed by atoms with Crippen molar-refractivity contribution < 1.29 is 14.6 Å². The summed E-state index contributed by atoms with van der Waals surface area (Å²) in [5, 5.41) is 14.1. The molecule has 110 valence electrons. The molecule has 1 atom stereocenters. The molecule has 0 saturated heterocycles. The number of ether oxygens (including phenoxy) is 1. The summed E-state index contributed by atoms with van der Waals surface area (Å²) in [6.07, 6.45) is 1.80. The van der Waals surface area contributed by atoms with Gasteiger partial charge < -0.3 is 9.84 Å². The van der Waals surface area contributed by atoms with Crippen LogP contribution in [-0.4, -0.2) is 26.6 Å². The molecule has 1 aliphatic rings. The van der Waals surface area contributed by atoms with Gasteiger partial charge in [0.2, 0.25) is 5.88 Å². The number of carbonyl (C=O) groups excluding carboxylic acids is 1. The fraction of sp³-hybridized carbons (Fsp3) is 0.333. The lowest BCUT2D eigenvalue weighted by Gasteiger charge is -2.22. The zero-order valence-electron chi connectivity index (χ0n) is 11.7. The summed E-state index contributed by atoms with van der Waals surface area (Å²) < 4.78 is 7.05. The fourth-order valence-electron chi connectivity index (χ4n) is 2.36. The van der Waals surface area contributed by atoms with Crippen LogP contribution in [0.1, 0.15) is 35.4 Å². The van der Waals surface area contributed by atoms with Gasteiger partial charge in [-0.05, 0) is 25.0 Å². The van der Waals surface area contributed by atoms with Gasteiger partial charge in [0.05, 0.1) is 17.9 Å². The minimum atomic E-state index is -0.504. The lowest BCUT2D eigenvalue weighted by atomic mass is 10.0. The molecule has 1 aromatic carbocycles. The number of aromatic nitrogens is 2. The van der Waals surface area contributed by atoms with E-state index in [-0.39, 0.29) is 0 Å². The van der Waals surface area contributed by atoms with Crippen LogP contribution in [0, 0.1) is 0 Å². The van der Waals surface area contributed by atoms with E-state index in [0.717, 1.165) is 16.2 Å². The molecule has 0 saturated carbocycles. The second-order valence-corrected chi connectivity index (χ2v) is 5.86. The van der Waals surface area contributed by atoms with Crippen LogP contribution in [0.25, 0.3) is 0 Å². The third-order valence-electron chi connectivity index (χ3n) is 3.44. The summed E-state index contributed by atoms with van der Waals surface area (Å²) in [6, 6.07) is 7.04. The van der Waals surface area contributed by atoms with E-state index < -0.39 is 12.1 Å². The second kappa shape index (κ2) is 5.91. The third kappa shape index (κ3) is 2.69. The van der Waals surface area contributed by atoms with Crippen molar-refractivity contribution in [3.05, 3.63) is 41.6 Å². The Morgan fingerprint density at radius 3 is 3.19 bits per heavy atom. The minimum Gasteiger partial charge on any atom is -0.404 e. The van der Waals surface area contributed by atoms with Crippen LogP contribution >= 0.6 is 11.8 Å². The van der Waals surface area contributed by atoms with Crippen LogP contribution in [0.2, 0.25) is 0 Å². The van der Waals surface area contributed by atoms with Gasteiger partial charge in [0.1, 0.15) is 0 Å². The minimum absolute atomic E-state index is 0.413. The lowest BCUT2D eigenvalue weighted by Crippen LogP contribution is -2.16. The van der Waals surface area contributed by atoms with Crippen molar-refractivity contribution in [2.45, 2.75) is 30.9 Å². The molecule has 1 aromatic heterocycles. The average Bonchev–Trinajstić information content (AvgIpc) is 2.94. The first-order valence-electron chi connectivity index (χ1n) is 6.88. The molecule has 21 heavy (non-hydrogen) atoms. The van der Waals surface area contributed by atoms with Crippen molar-refractivity contribution in [3.8, 4) is 5.88 Å². The second-order valence-electron chi connectivity index (χ2n) is 4.75. The Kier molecular flexibility index (Phi) is 3.98. The predicted molar refractivity (Wildman–Crippen MR) is 79.6 cm³/mol. The molecule has 3 rings (SSSR count). The summed E-state index contributed by atoms with van der Waals surface area (Å²) in [4.78, 5) is 13.2. The molecule has 0 spiro atoms. The lowest BCUT2D eigenvalue weighted by molar-refractivity contribution is 0.0714. The monoisotopic (exact) mass is 304 g/mol. The number of rotatable bonds is 3. The third-order valence-corrected chi connectivity index (χ3v) is 4.62. The number of fused-ring (bicyclic) bond motifs is 1. The molecule has 2 aromatic rings. The SMILES string of the molecule is CCn1nccc1OC(=O)c1cccc2c1SCCC2O. The number of thioether (sulfide) groups is 1. The number of hydrogen-bond donors (Lipinski definition) is 1. The van der Waals surface area contributed by atoms with Crippen molar-refractivity contribution in [1.82, 2.24) is 9.78 Å². The summed E-state index contributed by atoms with van der Waals surface area (Å²) in [6.45, 7) is 2.57. The van der Waals surface area contributed by atoms with E-state index >= 15 is 0 Å². The van der Waals surface area contributed by atoms with Crippen LogP contribution in [-0.2, 0) is 6.54 Å². The summed E-state index contributed by atoms with van der Waals surface area (Å²) in [5.41, 5.74) is 1.31. The normalized spacial score (nSPS) is 17.3. The standard InChI is InChI=1S/C15H16N2O3S/c1-2-17-13(6-8-16-17)20-15(19)11-5-3-4-10-12(18)7-9-21-14(10)11/h3-6,8,12,18H,2,7,9H2,1H3. The highest BCUT2D eigenvalue weighted by Crippen LogP contribution is 2.38. The van der Waals surface area contributed by atoms with Crippen LogP contribution in [0.15, 0.2) is 35.4 Å². The number of aryl methyl sites for hydroxylation is 1. The first-order valence-corrected chi connectivity index (χ1v) is 7.87. The Balaban J connectivity index is 1.90. The van der Waals surface area contributed by atoms with Crippen molar-refractivity contribution >= 4 is 17.7 Å². The topological polar surface area (TPSA) is 64.4 Å². The molecule has 0 radical (unpaired) electrons. The zero-order valence-corrected chi connectivity index (χ0v) is 12.5. The van der Waals surface area contributed by atoms with Crippen molar-refractivity contribution in [2.75, 3.05) is 5.75 Å². The first-order chi connectivity index (χ1) is 10.2. The highest BCUT2D eigenvalue weighted by atomic mass is 32.2. The van der Waals surface area contributed by atoms with Gasteiger partial charge in [-0.3, -0.25) is 0 Å². The summed E-state index contributed by atoms with van der Waals surface area (Å²) in [7, 11) is 0. The maximum Gasteiger partial charge on any atom is 0.346 e. The van der Waals surface area contributed by atoms with E-state index in [1.54, 1.807) is 40.8 Å². The number of aliphatic hydroxyl groups excluding tert-OH is 1. The fourth-order valence-corrected chi connectivity index (χ4v) is 3.58. The molecule has 2 heterocycles. The summed E-state index contributed by atoms with van der Waals surface area (Å²) in [5.74, 6) is 0.816. The van der Waals surface area contributed by atoms with Crippen molar-refractivity contribution in [3.63, 3.8) is 0 Å². The average molecular weight is 304 g/mol. The number of hydrogen-bond acceptors (Lipinski definition) is 5. The molecule has 1 aliphatic heterocycles. The molecule has 0 bridgehead atoms. The highest BCUT2D eigenvalue weighted by molar-refractivity contribution is 7.99. The Morgan fingerprint density at radius 2 is 2.38 bits per heavy atom. The van der Waals surface area contributed by atoms with Crippen LogP contribution in [0.3, 0.4) is 0 Å². The van der Waals surface area contributed by atoms with Gasteiger partial charge in [-0.25, -0.2) is 9.48 Å².